The molecule has 0 spiro atoms. The Balaban J connectivity index is 1.81. The zero-order valence-corrected chi connectivity index (χ0v) is 46.1. The summed E-state index contributed by atoms with van der Waals surface area (Å²) >= 11 is 0. The van der Waals surface area contributed by atoms with Gasteiger partial charge in [-0.3, -0.25) is 19.2 Å². The van der Waals surface area contributed by atoms with E-state index in [0.717, 1.165) is 55.2 Å². The van der Waals surface area contributed by atoms with Crippen LogP contribution in [0.15, 0.2) is 24.3 Å². The number of carbonyl (C=O) groups is 5. The fraction of sp³-hybridized carbons (Fsp3) is 0.750. The molecule has 1 heterocycles. The van der Waals surface area contributed by atoms with Crippen LogP contribution in [0.3, 0.4) is 0 Å². The molecule has 0 saturated carbocycles. The number of rotatable bonds is 46. The van der Waals surface area contributed by atoms with Gasteiger partial charge in [0.25, 0.3) is 0 Å². The first-order valence-corrected chi connectivity index (χ1v) is 28.4. The van der Waals surface area contributed by atoms with Crippen LogP contribution in [-0.4, -0.2) is 69.5 Å². The Morgan fingerprint density at radius 1 is 0.611 bits per heavy atom. The summed E-state index contributed by atoms with van der Waals surface area (Å²) in [7, 11) is 1.58. The molecule has 1 unspecified atom stereocenters. The number of unbranched alkanes of at least 4 members (excludes halogenated alkanes) is 24. The summed E-state index contributed by atoms with van der Waals surface area (Å²) in [5, 5.41) is 0. The monoisotopic (exact) mass is 1010 g/mol. The molecule has 72 heavy (non-hydrogen) atoms. The second-order valence-electron chi connectivity index (χ2n) is 20.2. The van der Waals surface area contributed by atoms with Gasteiger partial charge in [0, 0.05) is 36.3 Å². The van der Waals surface area contributed by atoms with Gasteiger partial charge in [0.05, 0.1) is 20.1 Å². The molecule has 0 aliphatic carbocycles. The standard InChI is InChI=1S/C60H98O12/c1-8-11-13-15-17-19-21-23-25-27-29-31-33-35-53(61)69-44-50(45-70-54(62)36-34-32-30-28-26-24-22-20-18-16-14-12-9-2)72-56(64)42-48(5)43-68-55(63)40-38-47(4)37-39-51-58(66-7)49(6)52-46-71-60(65)57(52)59(51)67-41-10-3/h10,37,48,50H,3,8-9,11-36,38-46H2,1-2,4-7H3/b47-37+. The number of hydrogen-bond acceptors (Lipinski definition) is 12. The van der Waals surface area contributed by atoms with Crippen molar-refractivity contribution < 1.29 is 57.1 Å². The minimum absolute atomic E-state index is 0.00921. The molecule has 0 N–H and O–H groups in total. The lowest BCUT2D eigenvalue weighted by molar-refractivity contribution is -0.167. The minimum atomic E-state index is -0.952. The zero-order chi connectivity index (χ0) is 52.6. The first-order valence-electron chi connectivity index (χ1n) is 28.4. The average molecular weight is 1010 g/mol. The van der Waals surface area contributed by atoms with Gasteiger partial charge in [-0.15, -0.1) is 0 Å². The van der Waals surface area contributed by atoms with E-state index < -0.39 is 24.0 Å². The fourth-order valence-electron chi connectivity index (χ4n) is 9.08. The van der Waals surface area contributed by atoms with E-state index in [1.54, 1.807) is 20.1 Å². The lowest BCUT2D eigenvalue weighted by atomic mass is 9.94. The number of ether oxygens (including phenoxy) is 7. The van der Waals surface area contributed by atoms with Gasteiger partial charge < -0.3 is 33.2 Å². The van der Waals surface area contributed by atoms with Crippen molar-refractivity contribution in [1.82, 2.24) is 0 Å². The number of benzene rings is 1. The molecule has 0 bridgehead atoms. The Morgan fingerprint density at radius 2 is 1.06 bits per heavy atom. The van der Waals surface area contributed by atoms with Gasteiger partial charge in [-0.25, -0.2) is 4.79 Å². The summed E-state index contributed by atoms with van der Waals surface area (Å²) in [4.78, 5) is 64.1. The Kier molecular flexibility index (Phi) is 36.4. The smallest absolute Gasteiger partial charge is 0.342 e. The Hall–Kier alpha value is -4.35. The molecule has 12 heteroatoms. The maximum Gasteiger partial charge on any atom is 0.342 e. The van der Waals surface area contributed by atoms with Crippen molar-refractivity contribution in [3.8, 4) is 11.5 Å². The van der Waals surface area contributed by atoms with Crippen LogP contribution in [0.2, 0.25) is 0 Å². The predicted octanol–water partition coefficient (Wildman–Crippen LogP) is 15.0. The van der Waals surface area contributed by atoms with E-state index in [0.29, 0.717) is 35.5 Å². The molecule has 1 atom stereocenters. The third-order valence-corrected chi connectivity index (χ3v) is 13.5. The highest BCUT2D eigenvalue weighted by atomic mass is 16.6. The lowest BCUT2D eigenvalue weighted by Crippen LogP contribution is -2.31. The molecule has 1 aliphatic heterocycles. The third-order valence-electron chi connectivity index (χ3n) is 13.5. The summed E-state index contributed by atoms with van der Waals surface area (Å²) < 4.78 is 39.4. The van der Waals surface area contributed by atoms with Gasteiger partial charge in [-0.1, -0.05) is 199 Å². The normalized spacial score (nSPS) is 12.6. The van der Waals surface area contributed by atoms with Crippen molar-refractivity contribution in [2.75, 3.05) is 33.5 Å². The van der Waals surface area contributed by atoms with Crippen LogP contribution >= 0.6 is 0 Å². The van der Waals surface area contributed by atoms with Crippen molar-refractivity contribution in [1.29, 1.82) is 0 Å². The number of allylic oxidation sites excluding steroid dienone is 2. The van der Waals surface area contributed by atoms with Crippen molar-refractivity contribution >= 4 is 29.8 Å². The largest absolute Gasteiger partial charge is 0.496 e. The Morgan fingerprint density at radius 3 is 1.51 bits per heavy atom. The van der Waals surface area contributed by atoms with E-state index in [1.807, 2.05) is 19.9 Å². The number of fused-ring (bicyclic) bond motifs is 1. The molecule has 0 amide bonds. The number of esters is 5. The maximum atomic E-state index is 13.1. The lowest BCUT2D eigenvalue weighted by Gasteiger charge is -2.19. The molecule has 1 aliphatic rings. The first-order chi connectivity index (χ1) is 34.9. The van der Waals surface area contributed by atoms with E-state index in [-0.39, 0.29) is 76.6 Å². The molecular formula is C60H98O12. The summed E-state index contributed by atoms with van der Waals surface area (Å²) in [6.45, 7) is 13.8. The fourth-order valence-corrected chi connectivity index (χ4v) is 9.08. The molecule has 0 radical (unpaired) electrons. The van der Waals surface area contributed by atoms with E-state index in [4.69, 9.17) is 33.2 Å². The summed E-state index contributed by atoms with van der Waals surface area (Å²) in [5.74, 6) is -1.46. The summed E-state index contributed by atoms with van der Waals surface area (Å²) in [6.07, 6.45) is 35.6. The number of hydrogen-bond donors (Lipinski definition) is 0. The Labute approximate surface area is 435 Å². The van der Waals surface area contributed by atoms with Gasteiger partial charge in [-0.05, 0) is 45.1 Å². The van der Waals surface area contributed by atoms with Crippen LogP contribution in [-0.2, 0) is 55.9 Å². The van der Waals surface area contributed by atoms with Crippen LogP contribution in [0.1, 0.15) is 254 Å². The number of methoxy groups -OCH3 is 1. The maximum absolute atomic E-state index is 13.1. The first kappa shape index (κ1) is 63.8. The van der Waals surface area contributed by atoms with Crippen molar-refractivity contribution in [2.45, 2.75) is 253 Å². The highest BCUT2D eigenvalue weighted by Crippen LogP contribution is 2.43. The molecule has 410 valence electrons. The van der Waals surface area contributed by atoms with E-state index in [1.165, 1.54) is 128 Å². The zero-order valence-electron chi connectivity index (χ0n) is 46.1. The molecule has 1 aromatic rings. The minimum Gasteiger partial charge on any atom is -0.496 e. The molecule has 0 saturated heterocycles. The second kappa shape index (κ2) is 41.1. The quantitative estimate of drug-likeness (QED) is 0.0265. The number of carbonyl (C=O) groups excluding carboxylic acids is 5. The van der Waals surface area contributed by atoms with Gasteiger partial charge in [0.15, 0.2) is 6.10 Å². The molecule has 2 rings (SSSR count). The van der Waals surface area contributed by atoms with Gasteiger partial charge >= 0.3 is 29.8 Å². The van der Waals surface area contributed by atoms with Crippen molar-refractivity contribution in [3.63, 3.8) is 0 Å². The molecule has 0 aromatic heterocycles. The SMILES string of the molecule is C=CCOc1c(C/C=C(\C)CCC(=O)OCC(C)CC(=O)OC(COC(=O)CCCCCCCCCCCCCCC)COC(=O)CCCCCCCCCCCCCCC)c(OC)c(C)c2c1C(=O)OC2. The Bertz CT molecular complexity index is 1690. The molecule has 0 fully saturated rings. The third kappa shape index (κ3) is 28.8. The van der Waals surface area contributed by atoms with E-state index >= 15 is 0 Å². The van der Waals surface area contributed by atoms with Crippen LogP contribution in [0.5, 0.6) is 11.5 Å². The highest BCUT2D eigenvalue weighted by Gasteiger charge is 2.33. The van der Waals surface area contributed by atoms with E-state index in [2.05, 4.69) is 20.4 Å². The predicted molar refractivity (Wildman–Crippen MR) is 286 cm³/mol. The summed E-state index contributed by atoms with van der Waals surface area (Å²) in [5.41, 5.74) is 3.62. The van der Waals surface area contributed by atoms with Crippen LogP contribution in [0, 0.1) is 12.8 Å². The van der Waals surface area contributed by atoms with Crippen LogP contribution in [0.25, 0.3) is 0 Å². The summed E-state index contributed by atoms with van der Waals surface area (Å²) in [6, 6.07) is 0. The van der Waals surface area contributed by atoms with Crippen LogP contribution in [0.4, 0.5) is 0 Å². The van der Waals surface area contributed by atoms with Crippen molar-refractivity contribution in [3.05, 3.63) is 46.6 Å². The van der Waals surface area contributed by atoms with Crippen molar-refractivity contribution in [2.24, 2.45) is 5.92 Å². The van der Waals surface area contributed by atoms with Gasteiger partial charge in [-0.2, -0.15) is 0 Å². The van der Waals surface area contributed by atoms with Crippen LogP contribution < -0.4 is 9.47 Å². The van der Waals surface area contributed by atoms with E-state index in [9.17, 15) is 24.0 Å². The molecule has 1 aromatic carbocycles. The highest BCUT2D eigenvalue weighted by molar-refractivity contribution is 5.98. The van der Waals surface area contributed by atoms with Gasteiger partial charge in [0.1, 0.15) is 43.5 Å². The second-order valence-corrected chi connectivity index (χ2v) is 20.2. The molecular weight excluding hydrogens is 913 g/mol. The molecule has 12 nitrogen and oxygen atoms in total. The topological polar surface area (TPSA) is 150 Å². The number of cyclic esters (lactones) is 1. The average Bonchev–Trinajstić information content (AvgIpc) is 3.76. The van der Waals surface area contributed by atoms with Gasteiger partial charge in [0.2, 0.25) is 0 Å².